The van der Waals surface area contributed by atoms with E-state index >= 15 is 0 Å². The van der Waals surface area contributed by atoms with Crippen LogP contribution >= 0.6 is 0 Å². The molecule has 0 bridgehead atoms. The van der Waals surface area contributed by atoms with E-state index in [1.165, 1.54) is 18.2 Å². The molecule has 1 heterocycles. The number of anilines is 1. The van der Waals surface area contributed by atoms with E-state index in [0.717, 1.165) is 22.5 Å². The first kappa shape index (κ1) is 15.0. The highest BCUT2D eigenvalue weighted by atomic mass is 32.2. The average Bonchev–Trinajstić information content (AvgIpc) is 2.89. The lowest BCUT2D eigenvalue weighted by Crippen LogP contribution is -2.30. The van der Waals surface area contributed by atoms with Crippen LogP contribution in [-0.2, 0) is 10.0 Å². The van der Waals surface area contributed by atoms with Crippen molar-refractivity contribution in [3.63, 3.8) is 0 Å². The Morgan fingerprint density at radius 1 is 1.33 bits per heavy atom. The molecule has 8 heteroatoms. The maximum absolute atomic E-state index is 13.2. The van der Waals surface area contributed by atoms with Gasteiger partial charge in [-0.15, -0.1) is 0 Å². The van der Waals surface area contributed by atoms with Gasteiger partial charge in [0.25, 0.3) is 10.0 Å². The first-order chi connectivity index (χ1) is 9.86. The summed E-state index contributed by atoms with van der Waals surface area (Å²) < 4.78 is 43.9. The zero-order valence-electron chi connectivity index (χ0n) is 11.0. The maximum atomic E-state index is 13.2. The number of hydrogen-bond acceptors (Lipinski definition) is 4. The Morgan fingerprint density at radius 3 is 2.57 bits per heavy atom. The molecule has 2 rings (SSSR count). The number of halogens is 1. The summed E-state index contributed by atoms with van der Waals surface area (Å²) in [4.78, 5) is 10.7. The highest BCUT2D eigenvalue weighted by Crippen LogP contribution is 2.25. The van der Waals surface area contributed by atoms with Crippen LogP contribution in [0.25, 0.3) is 0 Å². The molecule has 21 heavy (non-hydrogen) atoms. The lowest BCUT2D eigenvalue weighted by atomic mass is 10.3. The third-order valence-electron chi connectivity index (χ3n) is 2.72. The van der Waals surface area contributed by atoms with Crippen LogP contribution in [0.5, 0.6) is 0 Å². The summed E-state index contributed by atoms with van der Waals surface area (Å²) in [6.45, 7) is 1.61. The molecule has 0 amide bonds. The van der Waals surface area contributed by atoms with Crippen LogP contribution in [0.4, 0.5) is 10.1 Å². The molecule has 2 aromatic rings. The van der Waals surface area contributed by atoms with Gasteiger partial charge in [0.1, 0.15) is 5.82 Å². The maximum Gasteiger partial charge on any atom is 0.371 e. The number of nitrogens with zero attached hydrogens (tertiary/aromatic N) is 1. The third-order valence-corrected chi connectivity index (χ3v) is 4.50. The molecule has 1 aromatic carbocycles. The van der Waals surface area contributed by atoms with Crippen molar-refractivity contribution >= 4 is 21.7 Å². The molecule has 0 fully saturated rings. The van der Waals surface area contributed by atoms with E-state index < -0.39 is 32.7 Å². The van der Waals surface area contributed by atoms with Gasteiger partial charge in [-0.05, 0) is 37.3 Å². The lowest BCUT2D eigenvalue weighted by Gasteiger charge is -2.21. The zero-order chi connectivity index (χ0) is 15.6. The van der Waals surface area contributed by atoms with Crippen molar-refractivity contribution in [2.45, 2.75) is 12.0 Å². The van der Waals surface area contributed by atoms with Crippen molar-refractivity contribution in [2.24, 2.45) is 0 Å². The highest BCUT2D eigenvalue weighted by Gasteiger charge is 2.28. The van der Waals surface area contributed by atoms with Crippen LogP contribution < -0.4 is 4.31 Å². The molecule has 0 saturated heterocycles. The molecule has 1 N–H and O–H groups in total. The molecule has 0 aliphatic heterocycles. The van der Waals surface area contributed by atoms with Crippen molar-refractivity contribution in [1.82, 2.24) is 0 Å². The van der Waals surface area contributed by atoms with Gasteiger partial charge in [-0.25, -0.2) is 9.18 Å². The average molecular weight is 313 g/mol. The second-order valence-corrected chi connectivity index (χ2v) is 5.87. The number of carboxylic acids is 1. The fourth-order valence-corrected chi connectivity index (χ4v) is 3.19. The number of furan rings is 1. The highest BCUT2D eigenvalue weighted by molar-refractivity contribution is 7.92. The summed E-state index contributed by atoms with van der Waals surface area (Å²) >= 11 is 0. The Morgan fingerprint density at radius 2 is 2.05 bits per heavy atom. The van der Waals surface area contributed by atoms with Crippen LogP contribution in [0.1, 0.15) is 17.5 Å². The number of hydrogen-bond donors (Lipinski definition) is 1. The fraction of sp³-hybridized carbons (Fsp3) is 0.154. The van der Waals surface area contributed by atoms with Crippen LogP contribution in [0.2, 0.25) is 0 Å². The van der Waals surface area contributed by atoms with Gasteiger partial charge in [0.05, 0.1) is 5.69 Å². The third kappa shape index (κ3) is 2.89. The predicted molar refractivity (Wildman–Crippen MR) is 72.3 cm³/mol. The summed E-state index contributed by atoms with van der Waals surface area (Å²) in [5.41, 5.74) is 0.130. The Balaban J connectivity index is 2.46. The first-order valence-electron chi connectivity index (χ1n) is 5.97. The zero-order valence-corrected chi connectivity index (χ0v) is 11.8. The van der Waals surface area contributed by atoms with Crippen LogP contribution in [-0.4, -0.2) is 26.0 Å². The van der Waals surface area contributed by atoms with Crippen LogP contribution in [0, 0.1) is 5.82 Å². The number of sulfonamides is 1. The van der Waals surface area contributed by atoms with Crippen molar-refractivity contribution in [3.05, 3.63) is 48.0 Å². The van der Waals surface area contributed by atoms with Crippen LogP contribution in [0.15, 0.2) is 45.9 Å². The Kier molecular flexibility index (Phi) is 3.99. The molecule has 1 aromatic heterocycles. The molecule has 0 saturated carbocycles. The number of carbonyl (C=O) groups is 1. The van der Waals surface area contributed by atoms with Gasteiger partial charge in [0, 0.05) is 6.54 Å². The van der Waals surface area contributed by atoms with Gasteiger partial charge < -0.3 is 9.52 Å². The molecular formula is C13H12FNO5S. The lowest BCUT2D eigenvalue weighted by molar-refractivity contribution is 0.0656. The number of carboxylic acid groups (broad SMARTS) is 1. The molecule has 0 aliphatic carbocycles. The topological polar surface area (TPSA) is 87.8 Å². The summed E-state index contributed by atoms with van der Waals surface area (Å²) in [5.74, 6) is -2.43. The molecule has 0 radical (unpaired) electrons. The Labute approximate surface area is 120 Å². The predicted octanol–water partition coefficient (Wildman–Crippen LogP) is 2.33. The number of aromatic carboxylic acids is 1. The molecule has 0 unspecified atom stereocenters. The van der Waals surface area contributed by atoms with Crippen molar-refractivity contribution < 1.29 is 27.1 Å². The van der Waals surface area contributed by atoms with E-state index in [9.17, 15) is 17.6 Å². The molecule has 6 nitrogen and oxygen atoms in total. The van der Waals surface area contributed by atoms with Gasteiger partial charge in [-0.3, -0.25) is 4.31 Å². The molecule has 0 atom stereocenters. The van der Waals surface area contributed by atoms with Gasteiger partial charge in [-0.1, -0.05) is 6.07 Å². The van der Waals surface area contributed by atoms with Gasteiger partial charge in [0.15, 0.2) is 0 Å². The fourth-order valence-electron chi connectivity index (χ4n) is 1.80. The summed E-state index contributed by atoms with van der Waals surface area (Å²) in [6.07, 6.45) is 0. The van der Waals surface area contributed by atoms with E-state index in [-0.39, 0.29) is 12.2 Å². The smallest absolute Gasteiger partial charge is 0.371 e. The van der Waals surface area contributed by atoms with E-state index in [0.29, 0.717) is 0 Å². The first-order valence-corrected chi connectivity index (χ1v) is 7.41. The quantitative estimate of drug-likeness (QED) is 0.915. The van der Waals surface area contributed by atoms with Gasteiger partial charge >= 0.3 is 5.97 Å². The largest absolute Gasteiger partial charge is 0.475 e. The normalized spacial score (nSPS) is 11.3. The molecule has 0 spiro atoms. The van der Waals surface area contributed by atoms with Gasteiger partial charge in [-0.2, -0.15) is 8.42 Å². The number of benzene rings is 1. The van der Waals surface area contributed by atoms with Crippen molar-refractivity contribution in [1.29, 1.82) is 0 Å². The minimum absolute atomic E-state index is 0.0366. The van der Waals surface area contributed by atoms with Gasteiger partial charge in [0.2, 0.25) is 10.9 Å². The van der Waals surface area contributed by atoms with Crippen molar-refractivity contribution in [3.8, 4) is 0 Å². The molecular weight excluding hydrogens is 301 g/mol. The Hall–Kier alpha value is -2.35. The second-order valence-electron chi connectivity index (χ2n) is 4.07. The van der Waals surface area contributed by atoms with Crippen LogP contribution in [0.3, 0.4) is 0 Å². The monoisotopic (exact) mass is 313 g/mol. The summed E-state index contributed by atoms with van der Waals surface area (Å²) in [6, 6.07) is 7.19. The van der Waals surface area contributed by atoms with E-state index in [1.54, 1.807) is 6.92 Å². The standard InChI is InChI=1S/C13H12FNO5S/c1-2-15(10-5-3-4-9(14)8-10)21(18,19)12-7-6-11(20-12)13(16)17/h3-8H,2H2,1H3,(H,16,17). The number of rotatable bonds is 5. The van der Waals surface area contributed by atoms with E-state index in [2.05, 4.69) is 0 Å². The summed E-state index contributed by atoms with van der Waals surface area (Å²) in [5, 5.41) is 8.25. The van der Waals surface area contributed by atoms with E-state index in [4.69, 9.17) is 9.52 Å². The molecule has 0 aliphatic rings. The minimum atomic E-state index is -4.10. The SMILES string of the molecule is CCN(c1cccc(F)c1)S(=O)(=O)c1ccc(C(=O)O)o1. The summed E-state index contributed by atoms with van der Waals surface area (Å²) in [7, 11) is -4.10. The van der Waals surface area contributed by atoms with Crippen molar-refractivity contribution in [2.75, 3.05) is 10.8 Å². The van der Waals surface area contributed by atoms with E-state index in [1.807, 2.05) is 0 Å². The molecule has 112 valence electrons. The Bertz CT molecular complexity index is 768. The minimum Gasteiger partial charge on any atom is -0.475 e. The second kappa shape index (κ2) is 5.57.